The third-order valence-corrected chi connectivity index (χ3v) is 7.32. The Morgan fingerprint density at radius 2 is 2.03 bits per heavy atom. The molecule has 164 valence electrons. The van der Waals surface area contributed by atoms with Crippen molar-refractivity contribution in [3.8, 4) is 10.6 Å². The summed E-state index contributed by atoms with van der Waals surface area (Å²) in [7, 11) is 2.06. The zero-order valence-electron chi connectivity index (χ0n) is 17.0. The first kappa shape index (κ1) is 20.8. The number of aromatic nitrogens is 4. The number of hydrogen-bond donors (Lipinski definition) is 1. The predicted octanol–water partition coefficient (Wildman–Crippen LogP) is 5.25. The van der Waals surface area contributed by atoms with Crippen LogP contribution in [0.1, 0.15) is 36.1 Å². The maximum atomic E-state index is 13.6. The molecule has 2 aliphatic rings. The van der Waals surface area contributed by atoms with E-state index in [-0.39, 0.29) is 11.6 Å². The van der Waals surface area contributed by atoms with E-state index in [4.69, 9.17) is 5.10 Å². The van der Waals surface area contributed by atoms with Crippen LogP contribution in [0.2, 0.25) is 0 Å². The van der Waals surface area contributed by atoms with E-state index in [0.717, 1.165) is 48.4 Å². The van der Waals surface area contributed by atoms with Crippen LogP contribution in [0.5, 0.6) is 0 Å². The van der Waals surface area contributed by atoms with Gasteiger partial charge < -0.3 is 10.2 Å². The topological polar surface area (TPSA) is 58.9 Å². The molecule has 2 fully saturated rings. The Hall–Kier alpha value is -2.11. The molecule has 0 bridgehead atoms. The van der Waals surface area contributed by atoms with Gasteiger partial charge in [-0.2, -0.15) is 18.3 Å². The van der Waals surface area contributed by atoms with Gasteiger partial charge in [0, 0.05) is 41.7 Å². The van der Waals surface area contributed by atoms with E-state index < -0.39 is 11.7 Å². The Morgan fingerprint density at radius 3 is 2.65 bits per heavy atom. The highest BCUT2D eigenvalue weighted by atomic mass is 32.2. The Bertz CT molecular complexity index is 1100. The number of nitrogens with one attached hydrogen (secondary N) is 1. The monoisotopic (exact) mass is 466 g/mol. The second-order valence-electron chi connectivity index (χ2n) is 7.99. The van der Waals surface area contributed by atoms with Crippen molar-refractivity contribution in [1.82, 2.24) is 24.6 Å². The molecule has 6 nitrogen and oxygen atoms in total. The predicted molar refractivity (Wildman–Crippen MR) is 116 cm³/mol. The SMILES string of the molecule is CSc1csc(-c2nc(Nc3cn(C4CN(C)C4)nc3C3CC3)ncc2C(F)(F)F)c1. The largest absolute Gasteiger partial charge is 0.420 e. The highest BCUT2D eigenvalue weighted by molar-refractivity contribution is 7.98. The molecule has 1 aliphatic heterocycles. The van der Waals surface area contributed by atoms with Crippen LogP contribution in [-0.4, -0.2) is 51.0 Å². The molecule has 4 heterocycles. The number of alkyl halides is 3. The summed E-state index contributed by atoms with van der Waals surface area (Å²) in [5.41, 5.74) is 0.790. The second kappa shape index (κ2) is 7.79. The number of anilines is 2. The lowest BCUT2D eigenvalue weighted by Crippen LogP contribution is -2.45. The van der Waals surface area contributed by atoms with Gasteiger partial charge in [-0.1, -0.05) is 0 Å². The summed E-state index contributed by atoms with van der Waals surface area (Å²) in [5, 5.41) is 9.75. The number of thiophene rings is 1. The number of rotatable bonds is 6. The first-order valence-corrected chi connectivity index (χ1v) is 12.0. The van der Waals surface area contributed by atoms with Crippen molar-refractivity contribution in [2.24, 2.45) is 0 Å². The summed E-state index contributed by atoms with van der Waals surface area (Å²) in [6, 6.07) is 2.05. The Morgan fingerprint density at radius 1 is 1.26 bits per heavy atom. The van der Waals surface area contributed by atoms with Gasteiger partial charge >= 0.3 is 6.18 Å². The fourth-order valence-electron chi connectivity index (χ4n) is 3.69. The number of likely N-dealkylation sites (N-methyl/N-ethyl adjacent to an activating group) is 1. The average Bonchev–Trinajstić information content (AvgIpc) is 3.29. The lowest BCUT2D eigenvalue weighted by molar-refractivity contribution is -0.137. The summed E-state index contributed by atoms with van der Waals surface area (Å²) in [5.74, 6) is 0.534. The number of nitrogens with zero attached hydrogens (tertiary/aromatic N) is 5. The number of halogens is 3. The summed E-state index contributed by atoms with van der Waals surface area (Å²) in [6.07, 6.45) is 2.30. The first-order valence-electron chi connectivity index (χ1n) is 9.93. The molecule has 5 rings (SSSR count). The molecular formula is C20H21F3N6S2. The van der Waals surface area contributed by atoms with Gasteiger partial charge in [0.1, 0.15) is 5.56 Å². The smallest absolute Gasteiger partial charge is 0.321 e. The Balaban J connectivity index is 1.49. The van der Waals surface area contributed by atoms with Gasteiger partial charge in [-0.3, -0.25) is 4.68 Å². The maximum absolute atomic E-state index is 13.6. The average molecular weight is 467 g/mol. The molecule has 0 spiro atoms. The van der Waals surface area contributed by atoms with Crippen molar-refractivity contribution >= 4 is 34.7 Å². The van der Waals surface area contributed by atoms with E-state index in [0.29, 0.717) is 16.8 Å². The summed E-state index contributed by atoms with van der Waals surface area (Å²) in [4.78, 5) is 11.9. The number of hydrogen-bond acceptors (Lipinski definition) is 7. The highest BCUT2D eigenvalue weighted by Gasteiger charge is 2.36. The number of likely N-dealkylation sites (tertiary alicyclic amines) is 1. The third kappa shape index (κ3) is 4.18. The van der Waals surface area contributed by atoms with Crippen molar-refractivity contribution in [3.05, 3.63) is 35.1 Å². The van der Waals surface area contributed by atoms with Gasteiger partial charge in [0.2, 0.25) is 5.95 Å². The zero-order chi connectivity index (χ0) is 21.8. The van der Waals surface area contributed by atoms with E-state index in [2.05, 4.69) is 27.2 Å². The lowest BCUT2D eigenvalue weighted by Gasteiger charge is -2.36. The zero-order valence-corrected chi connectivity index (χ0v) is 18.6. The van der Waals surface area contributed by atoms with E-state index in [1.54, 1.807) is 6.07 Å². The fraction of sp³-hybridized carbons (Fsp3) is 0.450. The van der Waals surface area contributed by atoms with Crippen LogP contribution >= 0.6 is 23.1 Å². The van der Waals surface area contributed by atoms with Crippen molar-refractivity contribution in [2.75, 3.05) is 31.7 Å². The molecule has 1 saturated heterocycles. The second-order valence-corrected chi connectivity index (χ2v) is 9.78. The molecule has 0 atom stereocenters. The maximum Gasteiger partial charge on any atom is 0.420 e. The van der Waals surface area contributed by atoms with E-state index >= 15 is 0 Å². The fourth-order valence-corrected chi connectivity index (χ4v) is 5.30. The van der Waals surface area contributed by atoms with Crippen LogP contribution in [0.15, 0.2) is 28.7 Å². The van der Waals surface area contributed by atoms with Gasteiger partial charge in [-0.25, -0.2) is 9.97 Å². The van der Waals surface area contributed by atoms with Crippen molar-refractivity contribution in [3.63, 3.8) is 0 Å². The van der Waals surface area contributed by atoms with Gasteiger partial charge in [0.25, 0.3) is 0 Å². The van der Waals surface area contributed by atoms with E-state index in [1.807, 2.05) is 22.5 Å². The third-order valence-electron chi connectivity index (χ3n) is 5.53. The Labute approximate surface area is 185 Å². The molecule has 0 radical (unpaired) electrons. The summed E-state index contributed by atoms with van der Waals surface area (Å²) >= 11 is 2.73. The van der Waals surface area contributed by atoms with Gasteiger partial charge in [0.05, 0.1) is 28.0 Å². The van der Waals surface area contributed by atoms with Crippen molar-refractivity contribution in [1.29, 1.82) is 0 Å². The highest BCUT2D eigenvalue weighted by Crippen LogP contribution is 2.44. The van der Waals surface area contributed by atoms with Gasteiger partial charge in [-0.15, -0.1) is 23.1 Å². The van der Waals surface area contributed by atoms with Crippen LogP contribution < -0.4 is 5.32 Å². The normalized spacial score (nSPS) is 17.7. The van der Waals surface area contributed by atoms with Crippen LogP contribution in [0.25, 0.3) is 10.6 Å². The molecule has 11 heteroatoms. The molecule has 1 saturated carbocycles. The minimum absolute atomic E-state index is 0.101. The molecule has 0 unspecified atom stereocenters. The molecule has 31 heavy (non-hydrogen) atoms. The molecule has 0 amide bonds. The molecule has 3 aromatic heterocycles. The molecular weight excluding hydrogens is 445 g/mol. The standard InChI is InChI=1S/C20H21F3N6S2/c1-28-7-12(8-28)29-9-15(17(27-29)11-3-4-11)25-19-24-6-14(20(21,22)23)18(26-19)16-5-13(30-2)10-31-16/h5-6,9-12H,3-4,7-8H2,1-2H3,(H,24,25,26). The van der Waals surface area contributed by atoms with Crippen LogP contribution in [0.4, 0.5) is 24.8 Å². The minimum Gasteiger partial charge on any atom is -0.321 e. The summed E-state index contributed by atoms with van der Waals surface area (Å²) in [6.45, 7) is 1.87. The Kier molecular flexibility index (Phi) is 5.22. The minimum atomic E-state index is -4.53. The molecule has 3 aromatic rings. The summed E-state index contributed by atoms with van der Waals surface area (Å²) < 4.78 is 42.8. The molecule has 0 aromatic carbocycles. The van der Waals surface area contributed by atoms with Crippen LogP contribution in [-0.2, 0) is 6.18 Å². The quantitative estimate of drug-likeness (QED) is 0.501. The van der Waals surface area contributed by atoms with E-state index in [1.165, 1.54) is 23.1 Å². The molecule has 1 aliphatic carbocycles. The molecule has 1 N–H and O–H groups in total. The van der Waals surface area contributed by atoms with Crippen molar-refractivity contribution < 1.29 is 13.2 Å². The van der Waals surface area contributed by atoms with Crippen LogP contribution in [0.3, 0.4) is 0 Å². The lowest BCUT2D eigenvalue weighted by atomic mass is 10.1. The van der Waals surface area contributed by atoms with E-state index in [9.17, 15) is 13.2 Å². The first-order chi connectivity index (χ1) is 14.8. The number of thioether (sulfide) groups is 1. The van der Waals surface area contributed by atoms with Gasteiger partial charge in [0.15, 0.2) is 0 Å². The van der Waals surface area contributed by atoms with Crippen LogP contribution in [0, 0.1) is 0 Å². The van der Waals surface area contributed by atoms with Crippen molar-refractivity contribution in [2.45, 2.75) is 35.9 Å². The van der Waals surface area contributed by atoms with Gasteiger partial charge in [-0.05, 0) is 32.2 Å².